The first-order valence-electron chi connectivity index (χ1n) is 14.2. The molecule has 0 saturated heterocycles. The fraction of sp³-hybridized carbons (Fsp3) is 1.00. The van der Waals surface area contributed by atoms with Crippen molar-refractivity contribution in [2.75, 3.05) is 13.2 Å². The summed E-state index contributed by atoms with van der Waals surface area (Å²) in [5.41, 5.74) is 0. The van der Waals surface area contributed by atoms with Gasteiger partial charge in [-0.3, -0.25) is 9.05 Å². The molecule has 0 heterocycles. The van der Waals surface area contributed by atoms with Gasteiger partial charge < -0.3 is 0 Å². The van der Waals surface area contributed by atoms with E-state index in [0.29, 0.717) is 13.2 Å². The standard InChI is InChI=1S/C27H58NO3P/c1-5-7-9-11-13-15-17-19-21-23-25-30-32(29,28-27(3)4)31-26-24-22-20-18-16-14-12-10-8-6-2/h27H,5-26H2,1-4H3,(H,28,29). The van der Waals surface area contributed by atoms with E-state index in [4.69, 9.17) is 9.05 Å². The first-order chi connectivity index (χ1) is 15.5. The van der Waals surface area contributed by atoms with Gasteiger partial charge in [0, 0.05) is 6.04 Å². The Morgan fingerprint density at radius 1 is 0.531 bits per heavy atom. The van der Waals surface area contributed by atoms with Crippen molar-refractivity contribution >= 4 is 7.75 Å². The molecule has 0 fully saturated rings. The minimum Gasteiger partial charge on any atom is -0.297 e. The van der Waals surface area contributed by atoms with Crippen molar-refractivity contribution in [2.24, 2.45) is 0 Å². The second-order valence-electron chi connectivity index (χ2n) is 9.81. The van der Waals surface area contributed by atoms with Gasteiger partial charge in [0.05, 0.1) is 13.2 Å². The molecule has 0 saturated carbocycles. The highest BCUT2D eigenvalue weighted by Gasteiger charge is 2.25. The highest BCUT2D eigenvalue weighted by molar-refractivity contribution is 7.51. The molecule has 5 heteroatoms. The van der Waals surface area contributed by atoms with Crippen molar-refractivity contribution in [1.29, 1.82) is 0 Å². The van der Waals surface area contributed by atoms with Gasteiger partial charge >= 0.3 is 7.75 Å². The van der Waals surface area contributed by atoms with Gasteiger partial charge in [0.15, 0.2) is 0 Å². The molecule has 0 radical (unpaired) electrons. The van der Waals surface area contributed by atoms with Gasteiger partial charge in [-0.25, -0.2) is 9.65 Å². The second-order valence-corrected chi connectivity index (χ2v) is 11.6. The van der Waals surface area contributed by atoms with Gasteiger partial charge in [0.2, 0.25) is 0 Å². The van der Waals surface area contributed by atoms with Crippen molar-refractivity contribution < 1.29 is 13.6 Å². The lowest BCUT2D eigenvalue weighted by molar-refractivity contribution is 0.187. The Bertz CT molecular complexity index is 388. The molecule has 0 aliphatic heterocycles. The van der Waals surface area contributed by atoms with E-state index in [9.17, 15) is 4.57 Å². The third kappa shape index (κ3) is 23.3. The summed E-state index contributed by atoms with van der Waals surface area (Å²) in [6.45, 7) is 9.54. The van der Waals surface area contributed by atoms with Crippen LogP contribution >= 0.6 is 7.75 Å². The van der Waals surface area contributed by atoms with E-state index in [1.165, 1.54) is 103 Å². The molecule has 0 aromatic rings. The maximum atomic E-state index is 13.0. The lowest BCUT2D eigenvalue weighted by Gasteiger charge is -2.21. The Hall–Kier alpha value is 0.110. The largest absolute Gasteiger partial charge is 0.405 e. The lowest BCUT2D eigenvalue weighted by Crippen LogP contribution is -2.22. The molecule has 4 nitrogen and oxygen atoms in total. The Morgan fingerprint density at radius 3 is 1.09 bits per heavy atom. The quantitative estimate of drug-likeness (QED) is 0.0998. The first-order valence-corrected chi connectivity index (χ1v) is 15.7. The van der Waals surface area contributed by atoms with Crippen LogP contribution in [0.1, 0.15) is 156 Å². The summed E-state index contributed by atoms with van der Waals surface area (Å²) in [6.07, 6.45) is 25.7. The molecule has 0 aliphatic rings. The van der Waals surface area contributed by atoms with E-state index in [1.54, 1.807) is 0 Å². The molecule has 0 aromatic carbocycles. The molecule has 1 N–H and O–H groups in total. The van der Waals surface area contributed by atoms with E-state index < -0.39 is 7.75 Å². The Balaban J connectivity index is 3.73. The fourth-order valence-corrected chi connectivity index (χ4v) is 5.57. The van der Waals surface area contributed by atoms with Gasteiger partial charge in [0.25, 0.3) is 0 Å². The van der Waals surface area contributed by atoms with Crippen molar-refractivity contribution in [2.45, 2.75) is 162 Å². The summed E-state index contributed by atoms with van der Waals surface area (Å²) in [5.74, 6) is 0. The summed E-state index contributed by atoms with van der Waals surface area (Å²) in [5, 5.41) is 3.04. The molecule has 0 atom stereocenters. The van der Waals surface area contributed by atoms with Crippen molar-refractivity contribution in [3.05, 3.63) is 0 Å². The van der Waals surface area contributed by atoms with Crippen LogP contribution < -0.4 is 5.09 Å². The minimum absolute atomic E-state index is 0.0845. The predicted octanol–water partition coefficient (Wildman–Crippen LogP) is 9.97. The van der Waals surface area contributed by atoms with Crippen molar-refractivity contribution in [1.82, 2.24) is 5.09 Å². The van der Waals surface area contributed by atoms with Crippen LogP contribution in [0.5, 0.6) is 0 Å². The number of hydrogen-bond donors (Lipinski definition) is 1. The van der Waals surface area contributed by atoms with E-state index >= 15 is 0 Å². The summed E-state index contributed by atoms with van der Waals surface area (Å²) in [7, 11) is -3.18. The van der Waals surface area contributed by atoms with Crippen LogP contribution in [-0.4, -0.2) is 19.3 Å². The normalized spacial score (nSPS) is 12.2. The average molecular weight is 476 g/mol. The molecule has 0 amide bonds. The highest BCUT2D eigenvalue weighted by Crippen LogP contribution is 2.44. The van der Waals surface area contributed by atoms with E-state index in [2.05, 4.69) is 18.9 Å². The number of rotatable bonds is 26. The van der Waals surface area contributed by atoms with Gasteiger partial charge in [-0.1, -0.05) is 129 Å². The van der Waals surface area contributed by atoms with Crippen molar-refractivity contribution in [3.8, 4) is 0 Å². The summed E-state index contributed by atoms with van der Waals surface area (Å²) >= 11 is 0. The van der Waals surface area contributed by atoms with Crippen LogP contribution in [0.3, 0.4) is 0 Å². The summed E-state index contributed by atoms with van der Waals surface area (Å²) in [6, 6.07) is 0.0845. The molecule has 0 bridgehead atoms. The number of nitrogens with one attached hydrogen (secondary N) is 1. The zero-order chi connectivity index (χ0) is 23.8. The van der Waals surface area contributed by atoms with E-state index in [0.717, 1.165) is 25.7 Å². The van der Waals surface area contributed by atoms with Crippen LogP contribution in [0.25, 0.3) is 0 Å². The molecular formula is C27H58NO3P. The molecule has 32 heavy (non-hydrogen) atoms. The molecule has 0 unspecified atom stereocenters. The fourth-order valence-electron chi connectivity index (χ4n) is 3.98. The third-order valence-corrected chi connectivity index (χ3v) is 7.81. The zero-order valence-electron chi connectivity index (χ0n) is 22.3. The van der Waals surface area contributed by atoms with Crippen molar-refractivity contribution in [3.63, 3.8) is 0 Å². The van der Waals surface area contributed by atoms with Crippen LogP contribution in [0.15, 0.2) is 0 Å². The van der Waals surface area contributed by atoms with Crippen LogP contribution in [0, 0.1) is 0 Å². The van der Waals surface area contributed by atoms with Gasteiger partial charge in [0.1, 0.15) is 0 Å². The SMILES string of the molecule is CCCCCCCCCCCCOP(=O)(NC(C)C)OCCCCCCCCCCCC. The average Bonchev–Trinajstić information content (AvgIpc) is 2.75. The number of hydrogen-bond acceptors (Lipinski definition) is 3. The maximum absolute atomic E-state index is 13.0. The Kier molecular flexibility index (Phi) is 24.3. The van der Waals surface area contributed by atoms with Gasteiger partial charge in [-0.05, 0) is 26.7 Å². The molecule has 0 spiro atoms. The first kappa shape index (κ1) is 32.1. The van der Waals surface area contributed by atoms with E-state index in [1.807, 2.05) is 13.8 Å². The lowest BCUT2D eigenvalue weighted by atomic mass is 10.1. The van der Waals surface area contributed by atoms with Crippen LogP contribution in [0.4, 0.5) is 0 Å². The zero-order valence-corrected chi connectivity index (χ0v) is 23.2. The molecule has 194 valence electrons. The third-order valence-electron chi connectivity index (χ3n) is 5.93. The molecular weight excluding hydrogens is 417 g/mol. The van der Waals surface area contributed by atoms with Gasteiger partial charge in [-0.15, -0.1) is 0 Å². The second kappa shape index (κ2) is 24.2. The number of unbranched alkanes of at least 4 members (excludes halogenated alkanes) is 18. The molecule has 0 aromatic heterocycles. The topological polar surface area (TPSA) is 47.6 Å². The smallest absolute Gasteiger partial charge is 0.297 e. The summed E-state index contributed by atoms with van der Waals surface area (Å²) in [4.78, 5) is 0. The maximum Gasteiger partial charge on any atom is 0.405 e. The monoisotopic (exact) mass is 475 g/mol. The molecule has 0 aliphatic carbocycles. The van der Waals surface area contributed by atoms with Crippen LogP contribution in [0.2, 0.25) is 0 Å². The Morgan fingerprint density at radius 2 is 0.812 bits per heavy atom. The predicted molar refractivity (Wildman–Crippen MR) is 141 cm³/mol. The molecule has 0 rings (SSSR count). The Labute approximate surface area is 202 Å². The van der Waals surface area contributed by atoms with E-state index in [-0.39, 0.29) is 6.04 Å². The highest BCUT2D eigenvalue weighted by atomic mass is 31.2. The van der Waals surface area contributed by atoms with Gasteiger partial charge in [-0.2, -0.15) is 0 Å². The minimum atomic E-state index is -3.18. The summed E-state index contributed by atoms with van der Waals surface area (Å²) < 4.78 is 24.4. The van der Waals surface area contributed by atoms with Crippen LogP contribution in [-0.2, 0) is 13.6 Å².